The van der Waals surface area contributed by atoms with Crippen LogP contribution >= 0.6 is 0 Å². The van der Waals surface area contributed by atoms with Crippen LogP contribution in [0.3, 0.4) is 0 Å². The summed E-state index contributed by atoms with van der Waals surface area (Å²) in [6, 6.07) is 16.7. The van der Waals surface area contributed by atoms with Crippen molar-refractivity contribution in [3.8, 4) is 11.5 Å². The van der Waals surface area contributed by atoms with E-state index in [1.54, 1.807) is 14.2 Å². The fourth-order valence-corrected chi connectivity index (χ4v) is 2.75. The van der Waals surface area contributed by atoms with E-state index in [1.165, 1.54) is 11.1 Å². The second-order valence-corrected chi connectivity index (χ2v) is 6.71. The van der Waals surface area contributed by atoms with Gasteiger partial charge in [-0.1, -0.05) is 52.0 Å². The molecule has 2 rings (SSSR count). The first-order chi connectivity index (χ1) is 10.3. The number of rotatable bonds is 5. The van der Waals surface area contributed by atoms with Crippen molar-refractivity contribution in [3.05, 3.63) is 59.7 Å². The molecule has 0 saturated heterocycles. The third-order valence-corrected chi connectivity index (χ3v) is 5.15. The molecule has 22 heavy (non-hydrogen) atoms. The van der Waals surface area contributed by atoms with E-state index in [2.05, 4.69) is 64.1 Å². The SMILES string of the molecule is COc1cccc(C(C)(C)C(C)(C)c2cccc(OC)c2)c1. The molecule has 0 N–H and O–H groups in total. The zero-order valence-corrected chi connectivity index (χ0v) is 14.4. The van der Waals surface area contributed by atoms with Gasteiger partial charge in [0.05, 0.1) is 14.2 Å². The standard InChI is InChI=1S/C20H26O2/c1-19(2,15-9-7-11-17(13-15)21-5)20(3,4)16-10-8-12-18(14-16)22-6/h7-14H,1-6H3. The number of hydrogen-bond acceptors (Lipinski definition) is 2. The molecule has 118 valence electrons. The smallest absolute Gasteiger partial charge is 0.119 e. The fourth-order valence-electron chi connectivity index (χ4n) is 2.75. The van der Waals surface area contributed by atoms with Crippen molar-refractivity contribution in [2.24, 2.45) is 0 Å². The van der Waals surface area contributed by atoms with Crippen molar-refractivity contribution in [2.75, 3.05) is 14.2 Å². The second-order valence-electron chi connectivity index (χ2n) is 6.71. The van der Waals surface area contributed by atoms with E-state index in [-0.39, 0.29) is 10.8 Å². The van der Waals surface area contributed by atoms with Crippen molar-refractivity contribution >= 4 is 0 Å². The minimum Gasteiger partial charge on any atom is -0.497 e. The van der Waals surface area contributed by atoms with Gasteiger partial charge in [-0.2, -0.15) is 0 Å². The Balaban J connectivity index is 2.48. The van der Waals surface area contributed by atoms with Crippen LogP contribution in [0.4, 0.5) is 0 Å². The summed E-state index contributed by atoms with van der Waals surface area (Å²) in [6.07, 6.45) is 0. The monoisotopic (exact) mass is 298 g/mol. The van der Waals surface area contributed by atoms with Crippen LogP contribution in [0, 0.1) is 0 Å². The Hall–Kier alpha value is -1.96. The minimum atomic E-state index is -0.0616. The van der Waals surface area contributed by atoms with Crippen LogP contribution in [0.5, 0.6) is 11.5 Å². The summed E-state index contributed by atoms with van der Waals surface area (Å²) in [5, 5.41) is 0. The molecule has 2 aromatic carbocycles. The van der Waals surface area contributed by atoms with E-state index in [0.717, 1.165) is 11.5 Å². The molecule has 0 atom stereocenters. The van der Waals surface area contributed by atoms with Crippen molar-refractivity contribution in [1.82, 2.24) is 0 Å². The number of hydrogen-bond donors (Lipinski definition) is 0. The molecule has 0 aliphatic heterocycles. The first-order valence-electron chi connectivity index (χ1n) is 7.62. The summed E-state index contributed by atoms with van der Waals surface area (Å²) in [4.78, 5) is 0. The van der Waals surface area contributed by atoms with Crippen LogP contribution in [0.1, 0.15) is 38.8 Å². The molecule has 2 aromatic rings. The molecular weight excluding hydrogens is 272 g/mol. The molecule has 0 heterocycles. The number of methoxy groups -OCH3 is 2. The Morgan fingerprint density at radius 1 is 0.636 bits per heavy atom. The highest BCUT2D eigenvalue weighted by molar-refractivity contribution is 5.41. The molecule has 0 amide bonds. The predicted octanol–water partition coefficient (Wildman–Crippen LogP) is 4.96. The molecule has 0 fully saturated rings. The molecule has 0 aromatic heterocycles. The Bertz CT molecular complexity index is 584. The fraction of sp³-hybridized carbons (Fsp3) is 0.400. The molecule has 2 nitrogen and oxygen atoms in total. The third kappa shape index (κ3) is 2.83. The van der Waals surface area contributed by atoms with Crippen LogP contribution < -0.4 is 9.47 Å². The number of benzene rings is 2. The molecule has 0 saturated carbocycles. The van der Waals surface area contributed by atoms with Crippen LogP contribution in [-0.2, 0) is 10.8 Å². The normalized spacial score (nSPS) is 12.1. The topological polar surface area (TPSA) is 18.5 Å². The van der Waals surface area contributed by atoms with E-state index in [4.69, 9.17) is 9.47 Å². The van der Waals surface area contributed by atoms with E-state index < -0.39 is 0 Å². The van der Waals surface area contributed by atoms with E-state index in [9.17, 15) is 0 Å². The maximum absolute atomic E-state index is 5.38. The van der Waals surface area contributed by atoms with Gasteiger partial charge >= 0.3 is 0 Å². The maximum atomic E-state index is 5.38. The summed E-state index contributed by atoms with van der Waals surface area (Å²) in [5.74, 6) is 1.79. The van der Waals surface area contributed by atoms with E-state index in [1.807, 2.05) is 12.1 Å². The third-order valence-electron chi connectivity index (χ3n) is 5.15. The van der Waals surface area contributed by atoms with Gasteiger partial charge in [0.2, 0.25) is 0 Å². The molecule has 2 heteroatoms. The van der Waals surface area contributed by atoms with Crippen molar-refractivity contribution < 1.29 is 9.47 Å². The quantitative estimate of drug-likeness (QED) is 0.777. The van der Waals surface area contributed by atoms with Gasteiger partial charge in [-0.05, 0) is 46.2 Å². The van der Waals surface area contributed by atoms with Crippen molar-refractivity contribution in [2.45, 2.75) is 38.5 Å². The van der Waals surface area contributed by atoms with E-state index in [0.29, 0.717) is 0 Å². The van der Waals surface area contributed by atoms with Crippen molar-refractivity contribution in [1.29, 1.82) is 0 Å². The molecule has 0 spiro atoms. The van der Waals surface area contributed by atoms with E-state index >= 15 is 0 Å². The summed E-state index contributed by atoms with van der Waals surface area (Å²) < 4.78 is 10.8. The lowest BCUT2D eigenvalue weighted by atomic mass is 9.61. The second kappa shape index (κ2) is 6.04. The Kier molecular flexibility index (Phi) is 4.50. The average molecular weight is 298 g/mol. The van der Waals surface area contributed by atoms with Crippen LogP contribution in [0.15, 0.2) is 48.5 Å². The van der Waals surface area contributed by atoms with Crippen molar-refractivity contribution in [3.63, 3.8) is 0 Å². The van der Waals surface area contributed by atoms with Gasteiger partial charge in [0.15, 0.2) is 0 Å². The van der Waals surface area contributed by atoms with Gasteiger partial charge in [-0.25, -0.2) is 0 Å². The first-order valence-corrected chi connectivity index (χ1v) is 7.62. The van der Waals surface area contributed by atoms with Gasteiger partial charge in [0.1, 0.15) is 11.5 Å². The Morgan fingerprint density at radius 3 is 1.32 bits per heavy atom. The number of ether oxygens (including phenoxy) is 2. The summed E-state index contributed by atoms with van der Waals surface area (Å²) in [7, 11) is 3.42. The highest BCUT2D eigenvalue weighted by atomic mass is 16.5. The largest absolute Gasteiger partial charge is 0.497 e. The molecule has 0 aliphatic carbocycles. The summed E-state index contributed by atoms with van der Waals surface area (Å²) in [6.45, 7) is 9.12. The first kappa shape index (κ1) is 16.4. The molecule has 0 radical (unpaired) electrons. The average Bonchev–Trinajstić information content (AvgIpc) is 2.54. The summed E-state index contributed by atoms with van der Waals surface area (Å²) >= 11 is 0. The Morgan fingerprint density at radius 2 is 1.00 bits per heavy atom. The minimum absolute atomic E-state index is 0.0616. The summed E-state index contributed by atoms with van der Waals surface area (Å²) in [5.41, 5.74) is 2.40. The molecule has 0 bridgehead atoms. The van der Waals surface area contributed by atoms with Gasteiger partial charge < -0.3 is 9.47 Å². The van der Waals surface area contributed by atoms with Gasteiger partial charge in [-0.3, -0.25) is 0 Å². The lowest BCUT2D eigenvalue weighted by Crippen LogP contribution is -2.40. The van der Waals surface area contributed by atoms with Crippen LogP contribution in [0.25, 0.3) is 0 Å². The lowest BCUT2D eigenvalue weighted by molar-refractivity contribution is 0.300. The van der Waals surface area contributed by atoms with Gasteiger partial charge in [0, 0.05) is 0 Å². The maximum Gasteiger partial charge on any atom is 0.119 e. The van der Waals surface area contributed by atoms with Crippen LogP contribution in [0.2, 0.25) is 0 Å². The van der Waals surface area contributed by atoms with Gasteiger partial charge in [-0.15, -0.1) is 0 Å². The molecular formula is C20H26O2. The zero-order chi connectivity index (χ0) is 16.4. The Labute approximate surface area is 134 Å². The van der Waals surface area contributed by atoms with Crippen LogP contribution in [-0.4, -0.2) is 14.2 Å². The lowest BCUT2D eigenvalue weighted by Gasteiger charge is -2.43. The molecule has 0 aliphatic rings. The molecule has 0 unspecified atom stereocenters. The zero-order valence-electron chi connectivity index (χ0n) is 14.4. The highest BCUT2D eigenvalue weighted by Crippen LogP contribution is 2.44. The van der Waals surface area contributed by atoms with Gasteiger partial charge in [0.25, 0.3) is 0 Å². The highest BCUT2D eigenvalue weighted by Gasteiger charge is 2.40. The predicted molar refractivity (Wildman–Crippen MR) is 92.0 cm³/mol.